The topological polar surface area (TPSA) is 153 Å². The van der Waals surface area contributed by atoms with Crippen molar-refractivity contribution in [3.8, 4) is 0 Å². The Morgan fingerprint density at radius 2 is 1.15 bits per heavy atom. The first-order valence-corrected chi connectivity index (χ1v) is 20.5. The summed E-state index contributed by atoms with van der Waals surface area (Å²) in [7, 11) is -3.94. The number of ether oxygens (including phenoxy) is 5. The summed E-state index contributed by atoms with van der Waals surface area (Å²) in [5.74, 6) is -3.81. The largest absolute Gasteiger partial charge is 0.462 e. The van der Waals surface area contributed by atoms with Crippen LogP contribution < -0.4 is 10.6 Å². The van der Waals surface area contributed by atoms with E-state index in [9.17, 15) is 19.2 Å². The molecule has 0 aliphatic carbocycles. The van der Waals surface area contributed by atoms with Crippen molar-refractivity contribution >= 4 is 48.2 Å². The van der Waals surface area contributed by atoms with Crippen LogP contribution in [0.2, 0.25) is 5.02 Å². The number of carbonyl (C=O) groups excluding carboxylic acids is 4. The minimum absolute atomic E-state index is 0.0634. The van der Waals surface area contributed by atoms with E-state index in [1.165, 1.54) is 0 Å². The van der Waals surface area contributed by atoms with Crippen molar-refractivity contribution in [1.82, 2.24) is 5.32 Å². The lowest BCUT2D eigenvalue weighted by atomic mass is 9.92. The molecule has 2 aromatic carbocycles. The molecule has 1 aliphatic heterocycles. The second kappa shape index (κ2) is 17.9. The normalized spacial score (nSPS) is 22.5. The van der Waals surface area contributed by atoms with Gasteiger partial charge in [-0.25, -0.2) is 0 Å². The molecule has 0 saturated carbocycles. The lowest BCUT2D eigenvalue weighted by Gasteiger charge is -2.47. The van der Waals surface area contributed by atoms with Crippen LogP contribution in [0.25, 0.3) is 0 Å². The predicted octanol–water partition coefficient (Wildman–Crippen LogP) is 7.76. The van der Waals surface area contributed by atoms with Crippen molar-refractivity contribution in [2.45, 2.75) is 126 Å². The van der Waals surface area contributed by atoms with Gasteiger partial charge in [0.05, 0.1) is 28.3 Å². The van der Waals surface area contributed by atoms with Gasteiger partial charge in [0.1, 0.15) is 18.5 Å². The second-order valence-electron chi connectivity index (χ2n) is 17.8. The average molecular weight is 808 g/mol. The summed E-state index contributed by atoms with van der Waals surface area (Å²) in [5, 5.41) is 4.12. The van der Waals surface area contributed by atoms with E-state index in [4.69, 9.17) is 39.8 Å². The van der Waals surface area contributed by atoms with Crippen LogP contribution in [0.5, 0.6) is 0 Å². The maximum Gasteiger partial charge on any atom is 0.311 e. The van der Waals surface area contributed by atoms with Gasteiger partial charge in [0.15, 0.2) is 24.5 Å². The van der Waals surface area contributed by atoms with E-state index >= 15 is 4.57 Å². The molecule has 0 spiro atoms. The van der Waals surface area contributed by atoms with Gasteiger partial charge in [-0.3, -0.25) is 29.1 Å². The summed E-state index contributed by atoms with van der Waals surface area (Å²) < 4.78 is 52.4. The van der Waals surface area contributed by atoms with Gasteiger partial charge in [-0.15, -0.1) is 0 Å². The van der Waals surface area contributed by atoms with E-state index in [2.05, 4.69) is 5.32 Å². The van der Waals surface area contributed by atoms with E-state index in [1.54, 1.807) is 145 Å². The molecule has 3 rings (SSSR count). The number of nitrogens with one attached hydrogen (secondary N) is 1. The number of hydrogen-bond acceptors (Lipinski definition) is 12. The molecular formula is C41H59ClNO11P. The highest BCUT2D eigenvalue weighted by atomic mass is 35.5. The molecule has 1 fully saturated rings. The van der Waals surface area contributed by atoms with Crippen LogP contribution in [-0.2, 0) is 52.0 Å². The number of hydrogen-bond donors (Lipinski definition) is 1. The minimum Gasteiger partial charge on any atom is -0.462 e. The van der Waals surface area contributed by atoms with Crippen LogP contribution in [0, 0.1) is 21.7 Å². The summed E-state index contributed by atoms with van der Waals surface area (Å²) in [4.78, 5) is 54.3. The van der Waals surface area contributed by atoms with E-state index in [0.29, 0.717) is 15.9 Å². The summed E-state index contributed by atoms with van der Waals surface area (Å²) in [5.41, 5.74) is -3.57. The molecular weight excluding hydrogens is 749 g/mol. The minimum atomic E-state index is -3.94. The van der Waals surface area contributed by atoms with Crippen LogP contribution in [0.4, 0.5) is 0 Å². The number of benzene rings is 2. The lowest BCUT2D eigenvalue weighted by molar-refractivity contribution is -0.265. The summed E-state index contributed by atoms with van der Waals surface area (Å²) >= 11 is 6.29. The number of halogens is 1. The zero-order chi connectivity index (χ0) is 41.7. The van der Waals surface area contributed by atoms with E-state index < -0.39 is 95.9 Å². The first-order valence-electron chi connectivity index (χ1n) is 18.5. The van der Waals surface area contributed by atoms with Crippen molar-refractivity contribution < 1.29 is 52.0 Å². The fourth-order valence-corrected chi connectivity index (χ4v) is 7.78. The highest BCUT2D eigenvalue weighted by Crippen LogP contribution is 2.58. The molecule has 2 aromatic rings. The number of carbonyl (C=O) groups is 4. The van der Waals surface area contributed by atoms with Gasteiger partial charge in [-0.1, -0.05) is 41.9 Å². The van der Waals surface area contributed by atoms with Crippen LogP contribution in [-0.4, -0.2) is 67.7 Å². The van der Waals surface area contributed by atoms with Crippen molar-refractivity contribution in [2.24, 2.45) is 21.7 Å². The quantitative estimate of drug-likeness (QED) is 0.127. The lowest BCUT2D eigenvalue weighted by Crippen LogP contribution is -2.67. The molecule has 0 radical (unpaired) electrons. The molecule has 1 aliphatic rings. The van der Waals surface area contributed by atoms with Gasteiger partial charge in [-0.2, -0.15) is 0 Å². The van der Waals surface area contributed by atoms with Crippen LogP contribution in [0.1, 0.15) is 101 Å². The molecule has 306 valence electrons. The molecule has 1 unspecified atom stereocenters. The third-order valence-corrected chi connectivity index (χ3v) is 11.5. The van der Waals surface area contributed by atoms with Crippen molar-refractivity contribution in [2.75, 3.05) is 13.2 Å². The molecule has 55 heavy (non-hydrogen) atoms. The van der Waals surface area contributed by atoms with Gasteiger partial charge in [0.2, 0.25) is 0 Å². The fourth-order valence-electron chi connectivity index (χ4n) is 5.18. The Hall–Kier alpha value is -3.28. The molecule has 1 heterocycles. The van der Waals surface area contributed by atoms with Crippen LogP contribution in [0.15, 0.2) is 54.6 Å². The highest BCUT2D eigenvalue weighted by Gasteiger charge is 2.56. The number of esters is 4. The molecule has 0 aromatic heterocycles. The van der Waals surface area contributed by atoms with Crippen LogP contribution >= 0.6 is 19.0 Å². The fraction of sp³-hybridized carbons (Fsp3) is 0.610. The maximum absolute atomic E-state index is 15.4. The van der Waals surface area contributed by atoms with Gasteiger partial charge in [0.25, 0.3) is 7.37 Å². The van der Waals surface area contributed by atoms with Gasteiger partial charge in [0, 0.05) is 10.3 Å². The summed E-state index contributed by atoms with van der Waals surface area (Å²) in [6.45, 7) is 21.2. The average Bonchev–Trinajstić information content (AvgIpc) is 3.07. The molecule has 1 saturated heterocycles. The van der Waals surface area contributed by atoms with Gasteiger partial charge >= 0.3 is 23.9 Å². The molecule has 0 bridgehead atoms. The SMILES string of the molecule is CCOP(=O)(c1ccccc1)[C@H](N[C@@H]1O[C@H](COC(=O)C(C)(C)C)[C@H](OC(=O)C(C)(C)C)[C@H](OC(=O)C(C)(C)C)[C@H]1OC(=O)C(C)(C)C)c1ccc(Cl)cc1. The van der Waals surface area contributed by atoms with Crippen LogP contribution in [0.3, 0.4) is 0 Å². The zero-order valence-corrected chi connectivity index (χ0v) is 36.0. The maximum atomic E-state index is 15.4. The van der Waals surface area contributed by atoms with E-state index in [-0.39, 0.29) is 6.61 Å². The van der Waals surface area contributed by atoms with Crippen molar-refractivity contribution in [3.63, 3.8) is 0 Å². The van der Waals surface area contributed by atoms with E-state index in [0.717, 1.165) is 0 Å². The smallest absolute Gasteiger partial charge is 0.311 e. The molecule has 12 nitrogen and oxygen atoms in total. The molecule has 7 atom stereocenters. The monoisotopic (exact) mass is 807 g/mol. The standard InChI is InChI=1S/C41H59ClNO11P/c1-14-50-55(48,27-18-16-15-17-19-27)33(25-20-22-26(42)23-21-25)43-32-31(54-37(47)41(11,12)13)30(53-36(46)40(8,9)10)29(52-35(45)39(5,6)7)28(51-32)24-49-34(44)38(2,3)4/h15-23,28-33,43H,14,24H2,1-13H3/t28-,29+,30+,31-,32-,33+,55?/m1/s1. The summed E-state index contributed by atoms with van der Waals surface area (Å²) in [6.07, 6.45) is -7.17. The number of rotatable bonds is 12. The Morgan fingerprint density at radius 3 is 1.60 bits per heavy atom. The summed E-state index contributed by atoms with van der Waals surface area (Å²) in [6, 6.07) is 15.3. The molecule has 14 heteroatoms. The Kier molecular flexibility index (Phi) is 15.0. The second-order valence-corrected chi connectivity index (χ2v) is 20.7. The molecule has 0 amide bonds. The van der Waals surface area contributed by atoms with Crippen molar-refractivity contribution in [3.05, 3.63) is 65.2 Å². The Morgan fingerprint density at radius 1 is 0.691 bits per heavy atom. The third-order valence-electron chi connectivity index (χ3n) is 8.48. The van der Waals surface area contributed by atoms with Crippen molar-refractivity contribution in [1.29, 1.82) is 0 Å². The Labute approximate surface area is 331 Å². The first-order chi connectivity index (χ1) is 25.2. The Bertz CT molecular complexity index is 1690. The van der Waals surface area contributed by atoms with Gasteiger partial charge in [-0.05, 0) is 120 Å². The van der Waals surface area contributed by atoms with Gasteiger partial charge < -0.3 is 28.2 Å². The highest BCUT2D eigenvalue weighted by molar-refractivity contribution is 7.67. The predicted molar refractivity (Wildman–Crippen MR) is 210 cm³/mol. The van der Waals surface area contributed by atoms with E-state index in [1.807, 2.05) is 0 Å². The zero-order valence-electron chi connectivity index (χ0n) is 34.4. The molecule has 1 N–H and O–H groups in total. The Balaban J connectivity index is 2.36. The third kappa shape index (κ3) is 12.1. The first kappa shape index (κ1) is 46.1.